The van der Waals surface area contributed by atoms with Crippen LogP contribution in [0.5, 0.6) is 0 Å². The number of nitrogens with zero attached hydrogens (tertiary/aromatic N) is 2. The predicted molar refractivity (Wildman–Crippen MR) is 124 cm³/mol. The van der Waals surface area contributed by atoms with Crippen LogP contribution in [0.1, 0.15) is 34.3 Å². The van der Waals surface area contributed by atoms with Crippen molar-refractivity contribution in [2.24, 2.45) is 5.92 Å². The number of amides is 2. The summed E-state index contributed by atoms with van der Waals surface area (Å²) in [5.74, 6) is -0.528. The molecule has 0 saturated carbocycles. The molecule has 32 heavy (non-hydrogen) atoms. The number of hydrogen-bond donors (Lipinski definition) is 0. The zero-order valence-corrected chi connectivity index (χ0v) is 18.2. The molecule has 0 atom stereocenters. The lowest BCUT2D eigenvalue weighted by Crippen LogP contribution is -2.44. The van der Waals surface area contributed by atoms with Gasteiger partial charge in [0, 0.05) is 30.3 Å². The van der Waals surface area contributed by atoms with Crippen molar-refractivity contribution < 1.29 is 14.0 Å². The van der Waals surface area contributed by atoms with Crippen LogP contribution < -0.4 is 4.90 Å². The normalized spacial score (nSPS) is 14.2. The number of likely N-dealkylation sites (tertiary alicyclic amines) is 1. The molecule has 5 heteroatoms. The minimum atomic E-state index is -0.361. The monoisotopic (exact) mass is 430 g/mol. The Bertz CT molecular complexity index is 1060. The van der Waals surface area contributed by atoms with E-state index in [4.69, 9.17) is 0 Å². The second-order valence-electron chi connectivity index (χ2n) is 8.32. The Labute approximate surface area is 188 Å². The lowest BCUT2D eigenvalue weighted by atomic mass is 9.94. The summed E-state index contributed by atoms with van der Waals surface area (Å²) < 4.78 is 13.2. The van der Waals surface area contributed by atoms with Crippen molar-refractivity contribution in [1.82, 2.24) is 4.90 Å². The van der Waals surface area contributed by atoms with Crippen LogP contribution in [0, 0.1) is 18.7 Å². The Morgan fingerprint density at radius 1 is 0.906 bits per heavy atom. The highest BCUT2D eigenvalue weighted by molar-refractivity contribution is 5.96. The van der Waals surface area contributed by atoms with E-state index in [0.717, 1.165) is 16.8 Å². The zero-order chi connectivity index (χ0) is 22.5. The van der Waals surface area contributed by atoms with Crippen LogP contribution in [0.25, 0.3) is 0 Å². The van der Waals surface area contributed by atoms with Gasteiger partial charge >= 0.3 is 0 Å². The molecule has 2 amide bonds. The number of hydrogen-bond acceptors (Lipinski definition) is 2. The number of piperidine rings is 1. The van der Waals surface area contributed by atoms with Gasteiger partial charge in [0.25, 0.3) is 5.91 Å². The van der Waals surface area contributed by atoms with Gasteiger partial charge in [-0.25, -0.2) is 4.39 Å². The third kappa shape index (κ3) is 5.05. The molecule has 0 N–H and O–H groups in total. The molecule has 3 aromatic rings. The fourth-order valence-corrected chi connectivity index (χ4v) is 4.11. The first-order valence-corrected chi connectivity index (χ1v) is 11.0. The minimum absolute atomic E-state index is 0.0894. The fraction of sp³-hybridized carbons (Fsp3) is 0.259. The van der Waals surface area contributed by atoms with Gasteiger partial charge in [-0.3, -0.25) is 9.59 Å². The largest absolute Gasteiger partial charge is 0.339 e. The van der Waals surface area contributed by atoms with Crippen LogP contribution in [-0.2, 0) is 11.3 Å². The van der Waals surface area contributed by atoms with Crippen molar-refractivity contribution in [3.05, 3.63) is 101 Å². The molecule has 0 unspecified atom stereocenters. The highest BCUT2D eigenvalue weighted by Gasteiger charge is 2.31. The maximum absolute atomic E-state index is 13.6. The smallest absolute Gasteiger partial charge is 0.253 e. The SMILES string of the molecule is Cc1ccc(N(Cc2ccccc2)C(=O)C2CCN(C(=O)c3ccc(F)cc3)CC2)cc1. The highest BCUT2D eigenvalue weighted by Crippen LogP contribution is 2.26. The number of aryl methyl sites for hydroxylation is 1. The summed E-state index contributed by atoms with van der Waals surface area (Å²) in [5, 5.41) is 0. The summed E-state index contributed by atoms with van der Waals surface area (Å²) in [7, 11) is 0. The molecular weight excluding hydrogens is 403 g/mol. The van der Waals surface area contributed by atoms with E-state index in [-0.39, 0.29) is 23.5 Å². The Balaban J connectivity index is 1.46. The summed E-state index contributed by atoms with van der Waals surface area (Å²) in [6.45, 7) is 3.57. The zero-order valence-electron chi connectivity index (χ0n) is 18.2. The molecule has 3 aromatic carbocycles. The number of carbonyl (C=O) groups is 2. The summed E-state index contributed by atoms with van der Waals surface area (Å²) in [6, 6.07) is 23.6. The van der Waals surface area contributed by atoms with Gasteiger partial charge in [-0.1, -0.05) is 48.0 Å². The van der Waals surface area contributed by atoms with E-state index in [9.17, 15) is 14.0 Å². The van der Waals surface area contributed by atoms with E-state index < -0.39 is 0 Å². The van der Waals surface area contributed by atoms with E-state index in [1.807, 2.05) is 66.4 Å². The highest BCUT2D eigenvalue weighted by atomic mass is 19.1. The van der Waals surface area contributed by atoms with Crippen LogP contribution >= 0.6 is 0 Å². The van der Waals surface area contributed by atoms with Crippen molar-refractivity contribution in [2.45, 2.75) is 26.3 Å². The van der Waals surface area contributed by atoms with Crippen molar-refractivity contribution in [2.75, 3.05) is 18.0 Å². The third-order valence-corrected chi connectivity index (χ3v) is 6.02. The van der Waals surface area contributed by atoms with Gasteiger partial charge in [0.05, 0.1) is 6.54 Å². The van der Waals surface area contributed by atoms with Gasteiger partial charge in [-0.2, -0.15) is 0 Å². The van der Waals surface area contributed by atoms with E-state index in [1.54, 1.807) is 4.90 Å². The average Bonchev–Trinajstić information content (AvgIpc) is 2.83. The Hall–Kier alpha value is -3.47. The molecule has 4 nitrogen and oxygen atoms in total. The third-order valence-electron chi connectivity index (χ3n) is 6.02. The van der Waals surface area contributed by atoms with Crippen molar-refractivity contribution in [3.8, 4) is 0 Å². The first kappa shape index (κ1) is 21.8. The molecule has 0 radical (unpaired) electrons. The van der Waals surface area contributed by atoms with Gasteiger partial charge < -0.3 is 9.80 Å². The fourth-order valence-electron chi connectivity index (χ4n) is 4.11. The van der Waals surface area contributed by atoms with Crippen LogP contribution in [0.3, 0.4) is 0 Å². The number of anilines is 1. The molecule has 4 rings (SSSR count). The summed E-state index contributed by atoms with van der Waals surface area (Å²) in [6.07, 6.45) is 1.23. The number of carbonyl (C=O) groups excluding carboxylic acids is 2. The van der Waals surface area contributed by atoms with E-state index >= 15 is 0 Å². The van der Waals surface area contributed by atoms with Gasteiger partial charge in [-0.15, -0.1) is 0 Å². The molecule has 0 aliphatic carbocycles. The number of halogens is 1. The molecular formula is C27H27FN2O2. The molecule has 0 spiro atoms. The molecule has 1 saturated heterocycles. The first-order valence-electron chi connectivity index (χ1n) is 11.0. The van der Waals surface area contributed by atoms with Crippen molar-refractivity contribution >= 4 is 17.5 Å². The van der Waals surface area contributed by atoms with E-state index in [0.29, 0.717) is 38.0 Å². The van der Waals surface area contributed by atoms with Crippen LogP contribution in [-0.4, -0.2) is 29.8 Å². The molecule has 1 heterocycles. The molecule has 1 fully saturated rings. The summed E-state index contributed by atoms with van der Waals surface area (Å²) in [5.41, 5.74) is 3.58. The molecule has 0 bridgehead atoms. The number of benzene rings is 3. The maximum Gasteiger partial charge on any atom is 0.253 e. The quantitative estimate of drug-likeness (QED) is 0.557. The van der Waals surface area contributed by atoms with E-state index in [2.05, 4.69) is 0 Å². The molecule has 164 valence electrons. The summed E-state index contributed by atoms with van der Waals surface area (Å²) >= 11 is 0. The molecule has 0 aromatic heterocycles. The Kier molecular flexibility index (Phi) is 6.64. The topological polar surface area (TPSA) is 40.6 Å². The van der Waals surface area contributed by atoms with Crippen LogP contribution in [0.15, 0.2) is 78.9 Å². The second-order valence-corrected chi connectivity index (χ2v) is 8.32. The lowest BCUT2D eigenvalue weighted by Gasteiger charge is -2.34. The van der Waals surface area contributed by atoms with Gasteiger partial charge in [0.2, 0.25) is 5.91 Å². The summed E-state index contributed by atoms with van der Waals surface area (Å²) in [4.78, 5) is 29.9. The number of rotatable bonds is 5. The first-order chi connectivity index (χ1) is 15.5. The minimum Gasteiger partial charge on any atom is -0.339 e. The van der Waals surface area contributed by atoms with Crippen molar-refractivity contribution in [1.29, 1.82) is 0 Å². The van der Waals surface area contributed by atoms with Crippen LogP contribution in [0.2, 0.25) is 0 Å². The standard InChI is InChI=1S/C27H27FN2O2/c1-20-7-13-25(14-8-20)30(19-21-5-3-2-4-6-21)27(32)23-15-17-29(18-16-23)26(31)22-9-11-24(28)12-10-22/h2-14,23H,15-19H2,1H3. The maximum atomic E-state index is 13.6. The average molecular weight is 431 g/mol. The van der Waals surface area contributed by atoms with Crippen molar-refractivity contribution in [3.63, 3.8) is 0 Å². The van der Waals surface area contributed by atoms with E-state index in [1.165, 1.54) is 24.3 Å². The Morgan fingerprint density at radius 2 is 1.53 bits per heavy atom. The lowest BCUT2D eigenvalue weighted by molar-refractivity contribution is -0.123. The second kappa shape index (κ2) is 9.77. The van der Waals surface area contributed by atoms with Crippen LogP contribution in [0.4, 0.5) is 10.1 Å². The van der Waals surface area contributed by atoms with Gasteiger partial charge in [0.1, 0.15) is 5.82 Å². The molecule has 1 aliphatic heterocycles. The van der Waals surface area contributed by atoms with Gasteiger partial charge in [0.15, 0.2) is 0 Å². The molecule has 1 aliphatic rings. The predicted octanol–water partition coefficient (Wildman–Crippen LogP) is 5.22. The Morgan fingerprint density at radius 3 is 2.16 bits per heavy atom. The van der Waals surface area contributed by atoms with Gasteiger partial charge in [-0.05, 0) is 61.7 Å².